The van der Waals surface area contributed by atoms with Crippen molar-refractivity contribution in [1.29, 1.82) is 0 Å². The molecule has 3 rings (SSSR count). The van der Waals surface area contributed by atoms with Gasteiger partial charge in [0, 0.05) is 12.7 Å². The molecule has 1 fully saturated rings. The van der Waals surface area contributed by atoms with Gasteiger partial charge in [0.15, 0.2) is 16.7 Å². The lowest BCUT2D eigenvalue weighted by Gasteiger charge is -2.25. The lowest BCUT2D eigenvalue weighted by Crippen LogP contribution is -2.44. The van der Waals surface area contributed by atoms with Gasteiger partial charge in [-0.3, -0.25) is 9.59 Å². The summed E-state index contributed by atoms with van der Waals surface area (Å²) in [5, 5.41) is -0.178. The van der Waals surface area contributed by atoms with E-state index in [0.717, 1.165) is 34.4 Å². The molecule has 0 saturated carbocycles. The number of hydrogen-bond acceptors (Lipinski definition) is 5. The first-order chi connectivity index (χ1) is 14.3. The summed E-state index contributed by atoms with van der Waals surface area (Å²) in [5.74, 6) is -3.13. The Labute approximate surface area is 177 Å². The van der Waals surface area contributed by atoms with Crippen LogP contribution >= 0.6 is 11.8 Å². The molecule has 1 aliphatic heterocycles. The average molecular weight is 433 g/mol. The minimum absolute atomic E-state index is 0.0676. The number of cyclic esters (lactones) is 1. The van der Waals surface area contributed by atoms with E-state index >= 15 is 0 Å². The molecule has 1 heterocycles. The quantitative estimate of drug-likeness (QED) is 0.661. The van der Waals surface area contributed by atoms with E-state index in [1.807, 2.05) is 30.3 Å². The molecule has 5 nitrogen and oxygen atoms in total. The van der Waals surface area contributed by atoms with Crippen molar-refractivity contribution in [2.24, 2.45) is 5.92 Å². The van der Waals surface area contributed by atoms with Crippen LogP contribution in [0.4, 0.5) is 13.6 Å². The molecule has 0 N–H and O–H groups in total. The molecule has 2 amide bonds. The summed E-state index contributed by atoms with van der Waals surface area (Å²) in [5.41, 5.74) is 1.36. The number of carbonyl (C=O) groups is 3. The Morgan fingerprint density at radius 2 is 1.87 bits per heavy atom. The smallest absolute Gasteiger partial charge is 0.416 e. The monoisotopic (exact) mass is 433 g/mol. The number of halogens is 2. The standard InChI is InChI=1S/C22H21F2NO4S/c1-14(26)30-13-17(9-16-7-8-19(23)20(24)11-16)21(27)25-18(12-29-22(25)28)10-15-5-3-2-4-6-15/h2-8,11,17-18H,9-10,12-13H2,1H3. The van der Waals surface area contributed by atoms with Gasteiger partial charge in [0.1, 0.15) is 6.61 Å². The Balaban J connectivity index is 1.81. The minimum atomic E-state index is -1.01. The van der Waals surface area contributed by atoms with E-state index in [1.54, 1.807) is 0 Å². The zero-order chi connectivity index (χ0) is 21.7. The number of carbonyl (C=O) groups excluding carboxylic acids is 3. The molecule has 0 aromatic heterocycles. The van der Waals surface area contributed by atoms with Gasteiger partial charge in [-0.25, -0.2) is 18.5 Å². The van der Waals surface area contributed by atoms with Gasteiger partial charge in [-0.2, -0.15) is 0 Å². The molecular formula is C22H21F2NO4S. The van der Waals surface area contributed by atoms with E-state index in [2.05, 4.69) is 0 Å². The maximum Gasteiger partial charge on any atom is 0.416 e. The first-order valence-electron chi connectivity index (χ1n) is 9.46. The van der Waals surface area contributed by atoms with Crippen LogP contribution in [0, 0.1) is 17.6 Å². The van der Waals surface area contributed by atoms with Crippen LogP contribution in [0.15, 0.2) is 48.5 Å². The molecular weight excluding hydrogens is 412 g/mol. The molecule has 1 aliphatic rings. The highest BCUT2D eigenvalue weighted by atomic mass is 32.2. The Morgan fingerprint density at radius 1 is 1.13 bits per heavy atom. The summed E-state index contributed by atoms with van der Waals surface area (Å²) in [6.45, 7) is 1.46. The van der Waals surface area contributed by atoms with Gasteiger partial charge in [0.2, 0.25) is 5.91 Å². The molecule has 8 heteroatoms. The highest BCUT2D eigenvalue weighted by molar-refractivity contribution is 8.13. The second-order valence-electron chi connectivity index (χ2n) is 7.08. The van der Waals surface area contributed by atoms with E-state index in [0.29, 0.717) is 12.0 Å². The maximum absolute atomic E-state index is 13.6. The molecule has 158 valence electrons. The summed E-state index contributed by atoms with van der Waals surface area (Å²) in [6, 6.07) is 12.3. The van der Waals surface area contributed by atoms with Crippen molar-refractivity contribution >= 4 is 28.9 Å². The number of benzene rings is 2. The summed E-state index contributed by atoms with van der Waals surface area (Å²) < 4.78 is 32.0. The zero-order valence-corrected chi connectivity index (χ0v) is 17.2. The number of hydrogen-bond donors (Lipinski definition) is 0. The molecule has 2 aromatic rings. The van der Waals surface area contributed by atoms with Gasteiger partial charge < -0.3 is 4.74 Å². The lowest BCUT2D eigenvalue weighted by molar-refractivity contribution is -0.132. The Bertz CT molecular complexity index is 938. The van der Waals surface area contributed by atoms with E-state index in [-0.39, 0.29) is 23.9 Å². The normalized spacial score (nSPS) is 17.0. The summed E-state index contributed by atoms with van der Waals surface area (Å²) in [6.07, 6.45) is -0.224. The van der Waals surface area contributed by atoms with Crippen LogP contribution in [0.2, 0.25) is 0 Å². The highest BCUT2D eigenvalue weighted by Crippen LogP contribution is 2.25. The molecule has 30 heavy (non-hydrogen) atoms. The van der Waals surface area contributed by atoms with Gasteiger partial charge in [0.25, 0.3) is 0 Å². The van der Waals surface area contributed by atoms with Crippen LogP contribution in [0.3, 0.4) is 0 Å². The second kappa shape index (κ2) is 9.84. The Hall–Kier alpha value is -2.74. The fourth-order valence-electron chi connectivity index (χ4n) is 3.35. The third kappa shape index (κ3) is 5.44. The lowest BCUT2D eigenvalue weighted by atomic mass is 9.98. The predicted octanol–water partition coefficient (Wildman–Crippen LogP) is 3.99. The number of amides is 2. The topological polar surface area (TPSA) is 63.7 Å². The molecule has 2 atom stereocenters. The van der Waals surface area contributed by atoms with Crippen LogP contribution in [0.25, 0.3) is 0 Å². The summed E-state index contributed by atoms with van der Waals surface area (Å²) >= 11 is 0.953. The van der Waals surface area contributed by atoms with Gasteiger partial charge in [-0.15, -0.1) is 0 Å². The molecule has 0 aliphatic carbocycles. The van der Waals surface area contributed by atoms with Crippen molar-refractivity contribution in [1.82, 2.24) is 4.90 Å². The number of thioether (sulfide) groups is 1. The minimum Gasteiger partial charge on any atom is -0.447 e. The second-order valence-corrected chi connectivity index (χ2v) is 8.28. The molecule has 2 aromatic carbocycles. The molecule has 1 saturated heterocycles. The summed E-state index contributed by atoms with van der Waals surface area (Å²) in [7, 11) is 0. The van der Waals surface area contributed by atoms with E-state index in [4.69, 9.17) is 4.74 Å². The van der Waals surface area contributed by atoms with Gasteiger partial charge >= 0.3 is 6.09 Å². The van der Waals surface area contributed by atoms with Crippen molar-refractivity contribution in [2.45, 2.75) is 25.8 Å². The van der Waals surface area contributed by atoms with Gasteiger partial charge in [0.05, 0.1) is 12.0 Å². The van der Waals surface area contributed by atoms with Gasteiger partial charge in [-0.1, -0.05) is 48.2 Å². The fraction of sp³-hybridized carbons (Fsp3) is 0.318. The number of imide groups is 1. The largest absolute Gasteiger partial charge is 0.447 e. The average Bonchev–Trinajstić information content (AvgIpc) is 3.08. The van der Waals surface area contributed by atoms with E-state index in [1.165, 1.54) is 13.0 Å². The zero-order valence-electron chi connectivity index (χ0n) is 16.3. The van der Waals surface area contributed by atoms with Crippen molar-refractivity contribution in [2.75, 3.05) is 12.4 Å². The number of ether oxygens (including phenoxy) is 1. The van der Waals surface area contributed by atoms with Crippen LogP contribution in [-0.4, -0.2) is 40.4 Å². The number of nitrogens with zero attached hydrogens (tertiary/aromatic N) is 1. The van der Waals surface area contributed by atoms with Crippen molar-refractivity contribution in [3.05, 3.63) is 71.3 Å². The first kappa shape index (κ1) is 22.0. The highest BCUT2D eigenvalue weighted by Gasteiger charge is 2.40. The predicted molar refractivity (Wildman–Crippen MR) is 109 cm³/mol. The Morgan fingerprint density at radius 3 is 2.53 bits per heavy atom. The molecule has 0 radical (unpaired) electrons. The van der Waals surface area contributed by atoms with Crippen molar-refractivity contribution in [3.63, 3.8) is 0 Å². The van der Waals surface area contributed by atoms with Crippen LogP contribution in [-0.2, 0) is 27.2 Å². The van der Waals surface area contributed by atoms with Crippen molar-refractivity contribution < 1.29 is 27.9 Å². The van der Waals surface area contributed by atoms with E-state index < -0.39 is 35.6 Å². The van der Waals surface area contributed by atoms with Gasteiger partial charge in [-0.05, 0) is 36.1 Å². The van der Waals surface area contributed by atoms with Crippen LogP contribution in [0.1, 0.15) is 18.1 Å². The maximum atomic E-state index is 13.6. The third-order valence-electron chi connectivity index (χ3n) is 4.82. The number of rotatable bonds is 7. The van der Waals surface area contributed by atoms with Crippen LogP contribution < -0.4 is 0 Å². The SMILES string of the molecule is CC(=O)SCC(Cc1ccc(F)c(F)c1)C(=O)N1C(=O)OCC1Cc1ccccc1. The van der Waals surface area contributed by atoms with E-state index in [9.17, 15) is 23.2 Å². The molecule has 2 unspecified atom stereocenters. The Kier molecular flexibility index (Phi) is 7.20. The van der Waals surface area contributed by atoms with Crippen LogP contribution in [0.5, 0.6) is 0 Å². The fourth-order valence-corrected chi connectivity index (χ4v) is 4.05. The summed E-state index contributed by atoms with van der Waals surface area (Å²) in [4.78, 5) is 38.1. The first-order valence-corrected chi connectivity index (χ1v) is 10.4. The molecule has 0 spiro atoms. The molecule has 0 bridgehead atoms. The third-order valence-corrected chi connectivity index (χ3v) is 5.79. The van der Waals surface area contributed by atoms with Crippen molar-refractivity contribution in [3.8, 4) is 0 Å².